The van der Waals surface area contributed by atoms with Gasteiger partial charge >= 0.3 is 0 Å². The first-order chi connectivity index (χ1) is 5.15. The van der Waals surface area contributed by atoms with Crippen LogP contribution in [0.15, 0.2) is 12.1 Å². The summed E-state index contributed by atoms with van der Waals surface area (Å²) < 4.78 is 0.915. The highest BCUT2D eigenvalue weighted by molar-refractivity contribution is 14.1. The third-order valence-corrected chi connectivity index (χ3v) is 2.15. The molecule has 0 unspecified atom stereocenters. The number of hydrogen-bond acceptors (Lipinski definition) is 2. The molecule has 2 nitrogen and oxygen atoms in total. The van der Waals surface area contributed by atoms with Gasteiger partial charge in [-0.2, -0.15) is 5.26 Å². The van der Waals surface area contributed by atoms with Crippen LogP contribution in [0.4, 0.5) is 5.69 Å². The largest absolute Gasteiger partial charge is 0.396 e. The number of halogens is 2. The fourth-order valence-corrected chi connectivity index (χ4v) is 1.70. The predicted octanol–water partition coefficient (Wildman–Crippen LogP) is 2.40. The standard InChI is InChI=1S/C7H4ClIN2/c8-6-2-5(9)1-4(3-10)7(6)11/h1-2H,11H2. The summed E-state index contributed by atoms with van der Waals surface area (Å²) in [5.41, 5.74) is 6.29. The Morgan fingerprint density at radius 2 is 2.18 bits per heavy atom. The zero-order chi connectivity index (χ0) is 8.43. The molecule has 0 atom stereocenters. The highest BCUT2D eigenvalue weighted by Gasteiger charge is 2.03. The molecule has 0 heterocycles. The van der Waals surface area contributed by atoms with Crippen LogP contribution < -0.4 is 5.73 Å². The number of nitriles is 1. The summed E-state index contributed by atoms with van der Waals surface area (Å²) in [5.74, 6) is 0. The van der Waals surface area contributed by atoms with Crippen molar-refractivity contribution in [3.63, 3.8) is 0 Å². The second-order valence-corrected chi connectivity index (χ2v) is 3.61. The van der Waals surface area contributed by atoms with Gasteiger partial charge in [0.1, 0.15) is 6.07 Å². The summed E-state index contributed by atoms with van der Waals surface area (Å²) in [6, 6.07) is 5.38. The predicted molar refractivity (Wildman–Crippen MR) is 53.3 cm³/mol. The average molecular weight is 278 g/mol. The molecule has 0 aliphatic rings. The normalized spacial score (nSPS) is 9.18. The van der Waals surface area contributed by atoms with Gasteiger partial charge in [-0.05, 0) is 34.7 Å². The molecule has 0 aromatic heterocycles. The molecule has 0 fully saturated rings. The van der Waals surface area contributed by atoms with Crippen LogP contribution in [0.5, 0.6) is 0 Å². The Kier molecular flexibility index (Phi) is 2.58. The second-order valence-electron chi connectivity index (χ2n) is 1.96. The molecule has 56 valence electrons. The molecule has 4 heteroatoms. The van der Waals surface area contributed by atoms with E-state index in [1.807, 2.05) is 6.07 Å². The van der Waals surface area contributed by atoms with Gasteiger partial charge in [-0.15, -0.1) is 0 Å². The van der Waals surface area contributed by atoms with Crippen LogP contribution in [0.25, 0.3) is 0 Å². The number of nitrogens with zero attached hydrogens (tertiary/aromatic N) is 1. The molecule has 1 aromatic carbocycles. The Bertz CT molecular complexity index is 330. The third kappa shape index (κ3) is 1.76. The fourth-order valence-electron chi connectivity index (χ4n) is 0.677. The van der Waals surface area contributed by atoms with Gasteiger partial charge in [0, 0.05) is 3.57 Å². The second kappa shape index (κ2) is 3.28. The van der Waals surface area contributed by atoms with Crippen molar-refractivity contribution in [1.29, 1.82) is 5.26 Å². The van der Waals surface area contributed by atoms with E-state index in [0.29, 0.717) is 16.3 Å². The summed E-state index contributed by atoms with van der Waals surface area (Å²) in [6.45, 7) is 0. The van der Waals surface area contributed by atoms with E-state index in [0.717, 1.165) is 3.57 Å². The minimum absolute atomic E-state index is 0.356. The van der Waals surface area contributed by atoms with Crippen LogP contribution in [0.1, 0.15) is 5.56 Å². The van der Waals surface area contributed by atoms with Gasteiger partial charge in [-0.25, -0.2) is 0 Å². The molecule has 0 aliphatic carbocycles. The molecule has 0 amide bonds. The Hall–Kier alpha value is -0.470. The summed E-state index contributed by atoms with van der Waals surface area (Å²) in [4.78, 5) is 0. The van der Waals surface area contributed by atoms with Crippen molar-refractivity contribution in [3.05, 3.63) is 26.3 Å². The van der Waals surface area contributed by atoms with Crippen molar-refractivity contribution in [2.45, 2.75) is 0 Å². The van der Waals surface area contributed by atoms with Gasteiger partial charge in [0.25, 0.3) is 0 Å². The number of rotatable bonds is 0. The number of nitrogen functional groups attached to an aromatic ring is 1. The van der Waals surface area contributed by atoms with Crippen molar-refractivity contribution in [2.24, 2.45) is 0 Å². The van der Waals surface area contributed by atoms with Crippen LogP contribution in [0.2, 0.25) is 5.02 Å². The summed E-state index contributed by atoms with van der Waals surface area (Å²) in [5, 5.41) is 9.01. The van der Waals surface area contributed by atoms with Crippen LogP contribution in [-0.4, -0.2) is 0 Å². The zero-order valence-electron chi connectivity index (χ0n) is 5.44. The van der Waals surface area contributed by atoms with Crippen molar-refractivity contribution in [3.8, 4) is 6.07 Å². The molecular weight excluding hydrogens is 274 g/mol. The molecule has 0 aliphatic heterocycles. The highest BCUT2D eigenvalue weighted by atomic mass is 127. The molecule has 11 heavy (non-hydrogen) atoms. The minimum atomic E-state index is 0.356. The first-order valence-electron chi connectivity index (χ1n) is 2.79. The first-order valence-corrected chi connectivity index (χ1v) is 4.25. The molecule has 0 saturated carbocycles. The van der Waals surface area contributed by atoms with Gasteiger partial charge in [0.15, 0.2) is 0 Å². The van der Waals surface area contributed by atoms with E-state index in [1.165, 1.54) is 0 Å². The van der Waals surface area contributed by atoms with Gasteiger partial charge in [-0.3, -0.25) is 0 Å². The lowest BCUT2D eigenvalue weighted by Gasteiger charge is -1.99. The van der Waals surface area contributed by atoms with E-state index in [9.17, 15) is 0 Å². The summed E-state index contributed by atoms with van der Waals surface area (Å²) in [6.07, 6.45) is 0. The monoisotopic (exact) mass is 278 g/mol. The SMILES string of the molecule is N#Cc1cc(I)cc(Cl)c1N. The summed E-state index contributed by atoms with van der Waals surface area (Å²) >= 11 is 7.80. The Morgan fingerprint density at radius 1 is 1.55 bits per heavy atom. The Balaban J connectivity index is 3.39. The molecule has 1 aromatic rings. The van der Waals surface area contributed by atoms with Gasteiger partial charge in [0.2, 0.25) is 0 Å². The Morgan fingerprint density at radius 3 is 2.73 bits per heavy atom. The van der Waals surface area contributed by atoms with E-state index in [2.05, 4.69) is 22.6 Å². The molecule has 2 N–H and O–H groups in total. The maximum atomic E-state index is 8.58. The van der Waals surface area contributed by atoms with E-state index < -0.39 is 0 Å². The number of benzene rings is 1. The minimum Gasteiger partial charge on any atom is -0.396 e. The quantitative estimate of drug-likeness (QED) is 0.585. The first kappa shape index (κ1) is 8.62. The highest BCUT2D eigenvalue weighted by Crippen LogP contribution is 2.24. The van der Waals surface area contributed by atoms with Crippen molar-refractivity contribution < 1.29 is 0 Å². The molecule has 0 radical (unpaired) electrons. The maximum Gasteiger partial charge on any atom is 0.101 e. The lowest BCUT2D eigenvalue weighted by molar-refractivity contribution is 1.47. The molecule has 0 bridgehead atoms. The third-order valence-electron chi connectivity index (χ3n) is 1.21. The molecular formula is C7H4ClIN2. The van der Waals surface area contributed by atoms with Gasteiger partial charge in [-0.1, -0.05) is 11.6 Å². The number of anilines is 1. The van der Waals surface area contributed by atoms with Gasteiger partial charge < -0.3 is 5.73 Å². The fraction of sp³-hybridized carbons (Fsp3) is 0. The van der Waals surface area contributed by atoms with Crippen LogP contribution in [0.3, 0.4) is 0 Å². The molecule has 0 saturated heterocycles. The van der Waals surface area contributed by atoms with Crippen molar-refractivity contribution in [2.75, 3.05) is 5.73 Å². The van der Waals surface area contributed by atoms with E-state index >= 15 is 0 Å². The van der Waals surface area contributed by atoms with Crippen LogP contribution >= 0.6 is 34.2 Å². The van der Waals surface area contributed by atoms with Crippen LogP contribution in [0, 0.1) is 14.9 Å². The topological polar surface area (TPSA) is 49.8 Å². The lowest BCUT2D eigenvalue weighted by atomic mass is 10.2. The van der Waals surface area contributed by atoms with Crippen molar-refractivity contribution >= 4 is 39.9 Å². The zero-order valence-corrected chi connectivity index (χ0v) is 8.35. The average Bonchev–Trinajstić information content (AvgIpc) is 1.96. The number of hydrogen-bond donors (Lipinski definition) is 1. The van der Waals surface area contributed by atoms with Gasteiger partial charge in [0.05, 0.1) is 16.3 Å². The van der Waals surface area contributed by atoms with E-state index in [1.54, 1.807) is 12.1 Å². The smallest absolute Gasteiger partial charge is 0.101 e. The molecule has 1 rings (SSSR count). The lowest BCUT2D eigenvalue weighted by Crippen LogP contribution is -1.91. The van der Waals surface area contributed by atoms with Crippen molar-refractivity contribution in [1.82, 2.24) is 0 Å². The van der Waals surface area contributed by atoms with E-state index in [4.69, 9.17) is 22.6 Å². The van der Waals surface area contributed by atoms with Crippen LogP contribution in [-0.2, 0) is 0 Å². The summed E-state index contributed by atoms with van der Waals surface area (Å²) in [7, 11) is 0. The number of nitrogens with two attached hydrogens (primary N) is 1. The molecule has 0 spiro atoms. The van der Waals surface area contributed by atoms with E-state index in [-0.39, 0.29) is 0 Å². The maximum absolute atomic E-state index is 8.58. The Labute approximate surface area is 83.1 Å².